The molecule has 0 spiro atoms. The van der Waals surface area contributed by atoms with Gasteiger partial charge in [0.2, 0.25) is 12.7 Å². The van der Waals surface area contributed by atoms with Crippen LogP contribution in [-0.4, -0.2) is 24.1 Å². The van der Waals surface area contributed by atoms with Crippen LogP contribution in [0.25, 0.3) is 17.4 Å². The summed E-state index contributed by atoms with van der Waals surface area (Å²) < 4.78 is 30.2. The fraction of sp³-hybridized carbons (Fsp3) is 0.174. The summed E-state index contributed by atoms with van der Waals surface area (Å²) in [5.74, 6) is 1.81. The number of carbonyl (C=O) groups is 1. The third kappa shape index (κ3) is 4.16. The number of likely N-dealkylation sites (N-methyl/N-ethyl adjacent to an activating group) is 1. The van der Waals surface area contributed by atoms with E-state index in [4.69, 9.17) is 13.9 Å². The topological polar surface area (TPSA) is 51.9 Å². The number of hydrogen-bond acceptors (Lipinski definition) is 4. The molecule has 2 heterocycles. The number of rotatable bonds is 6. The maximum absolute atomic E-state index is 13.9. The first-order chi connectivity index (χ1) is 14.1. The van der Waals surface area contributed by atoms with Crippen molar-refractivity contribution in [3.05, 3.63) is 77.8 Å². The van der Waals surface area contributed by atoms with Crippen molar-refractivity contribution in [2.45, 2.75) is 13.5 Å². The number of fused-ring (bicyclic) bond motifs is 1. The zero-order valence-electron chi connectivity index (χ0n) is 15.9. The van der Waals surface area contributed by atoms with Crippen LogP contribution in [0.4, 0.5) is 4.39 Å². The number of nitrogens with zero attached hydrogens (tertiary/aromatic N) is 1. The first kappa shape index (κ1) is 18.8. The number of hydrogen-bond donors (Lipinski definition) is 0. The number of benzene rings is 2. The molecular formula is C23H20FNO4. The minimum Gasteiger partial charge on any atom is -0.457 e. The van der Waals surface area contributed by atoms with E-state index in [0.29, 0.717) is 41.7 Å². The highest BCUT2D eigenvalue weighted by Crippen LogP contribution is 2.32. The van der Waals surface area contributed by atoms with Crippen LogP contribution in [0.15, 0.2) is 65.1 Å². The molecule has 0 aliphatic carbocycles. The highest BCUT2D eigenvalue weighted by Gasteiger charge is 2.16. The van der Waals surface area contributed by atoms with Gasteiger partial charge in [-0.25, -0.2) is 4.39 Å². The molecule has 0 unspecified atom stereocenters. The highest BCUT2D eigenvalue weighted by molar-refractivity contribution is 5.91. The maximum atomic E-state index is 13.9. The van der Waals surface area contributed by atoms with Gasteiger partial charge in [-0.1, -0.05) is 18.2 Å². The predicted octanol–water partition coefficient (Wildman–Crippen LogP) is 4.88. The van der Waals surface area contributed by atoms with Gasteiger partial charge in [0.1, 0.15) is 17.3 Å². The van der Waals surface area contributed by atoms with Crippen LogP contribution >= 0.6 is 0 Å². The lowest BCUT2D eigenvalue weighted by atomic mass is 10.1. The minimum atomic E-state index is -0.352. The number of carbonyl (C=O) groups excluding carboxylic acids is 1. The van der Waals surface area contributed by atoms with Crippen LogP contribution in [-0.2, 0) is 11.3 Å². The Bertz CT molecular complexity index is 1060. The van der Waals surface area contributed by atoms with Gasteiger partial charge in [0, 0.05) is 19.2 Å². The molecule has 1 aromatic heterocycles. The minimum absolute atomic E-state index is 0.144. The smallest absolute Gasteiger partial charge is 0.246 e. The Hall–Kier alpha value is -3.54. The Balaban J connectivity index is 1.43. The number of amides is 1. The van der Waals surface area contributed by atoms with Crippen molar-refractivity contribution in [1.29, 1.82) is 0 Å². The quantitative estimate of drug-likeness (QED) is 0.561. The summed E-state index contributed by atoms with van der Waals surface area (Å²) in [6, 6.07) is 15.4. The lowest BCUT2D eigenvalue weighted by Crippen LogP contribution is -2.28. The van der Waals surface area contributed by atoms with Crippen LogP contribution in [0, 0.1) is 5.82 Å². The monoisotopic (exact) mass is 393 g/mol. The average molecular weight is 393 g/mol. The zero-order valence-corrected chi connectivity index (χ0v) is 15.9. The normalized spacial score (nSPS) is 12.5. The van der Waals surface area contributed by atoms with E-state index in [-0.39, 0.29) is 18.5 Å². The lowest BCUT2D eigenvalue weighted by Gasteiger charge is -2.19. The van der Waals surface area contributed by atoms with E-state index >= 15 is 0 Å². The molecule has 0 atom stereocenters. The van der Waals surface area contributed by atoms with Crippen molar-refractivity contribution in [3.63, 3.8) is 0 Å². The molecule has 1 amide bonds. The third-order valence-electron chi connectivity index (χ3n) is 4.66. The molecule has 1 aliphatic rings. The van der Waals surface area contributed by atoms with Crippen molar-refractivity contribution >= 4 is 12.0 Å². The molecule has 6 heteroatoms. The van der Waals surface area contributed by atoms with E-state index in [0.717, 1.165) is 5.56 Å². The van der Waals surface area contributed by atoms with Gasteiger partial charge in [0.05, 0.1) is 5.56 Å². The lowest BCUT2D eigenvalue weighted by molar-refractivity contribution is -0.126. The van der Waals surface area contributed by atoms with Crippen LogP contribution in [0.1, 0.15) is 18.2 Å². The van der Waals surface area contributed by atoms with E-state index in [1.807, 2.05) is 25.1 Å². The number of ether oxygens (including phenoxy) is 2. The Morgan fingerprint density at radius 2 is 1.93 bits per heavy atom. The molecule has 29 heavy (non-hydrogen) atoms. The molecule has 5 nitrogen and oxygen atoms in total. The van der Waals surface area contributed by atoms with Crippen LogP contribution in [0.2, 0.25) is 0 Å². The maximum Gasteiger partial charge on any atom is 0.246 e. The fourth-order valence-electron chi connectivity index (χ4n) is 3.11. The van der Waals surface area contributed by atoms with Crippen LogP contribution in [0.3, 0.4) is 0 Å². The molecule has 0 saturated heterocycles. The SMILES string of the molecule is CCN(Cc1ccc2c(c1)OCO2)C(=O)/C=C/c1ccc(-c2ccccc2F)o1. The summed E-state index contributed by atoms with van der Waals surface area (Å²) in [5, 5.41) is 0. The van der Waals surface area contributed by atoms with Crippen LogP contribution < -0.4 is 9.47 Å². The van der Waals surface area contributed by atoms with Gasteiger partial charge >= 0.3 is 0 Å². The van der Waals surface area contributed by atoms with Gasteiger partial charge < -0.3 is 18.8 Å². The van der Waals surface area contributed by atoms with Crippen molar-refractivity contribution in [1.82, 2.24) is 4.90 Å². The summed E-state index contributed by atoms with van der Waals surface area (Å²) in [6.45, 7) is 3.14. The van der Waals surface area contributed by atoms with E-state index in [1.165, 1.54) is 12.1 Å². The molecular weight excluding hydrogens is 373 g/mol. The van der Waals surface area contributed by atoms with Crippen molar-refractivity contribution in [2.24, 2.45) is 0 Å². The first-order valence-electron chi connectivity index (χ1n) is 9.34. The van der Waals surface area contributed by atoms with Gasteiger partial charge in [-0.05, 0) is 55.0 Å². The Kier molecular flexibility index (Phi) is 5.33. The molecule has 0 saturated carbocycles. The van der Waals surface area contributed by atoms with Gasteiger partial charge in [-0.2, -0.15) is 0 Å². The second-order valence-electron chi connectivity index (χ2n) is 6.56. The van der Waals surface area contributed by atoms with Crippen LogP contribution in [0.5, 0.6) is 11.5 Å². The fourth-order valence-corrected chi connectivity index (χ4v) is 3.11. The van der Waals surface area contributed by atoms with Crippen molar-refractivity contribution < 1.29 is 23.1 Å². The molecule has 0 N–H and O–H groups in total. The Morgan fingerprint density at radius 1 is 1.10 bits per heavy atom. The second-order valence-corrected chi connectivity index (χ2v) is 6.56. The molecule has 1 aliphatic heterocycles. The first-order valence-corrected chi connectivity index (χ1v) is 9.34. The number of furan rings is 1. The van der Waals surface area contributed by atoms with E-state index in [2.05, 4.69) is 0 Å². The summed E-state index contributed by atoms with van der Waals surface area (Å²) >= 11 is 0. The summed E-state index contributed by atoms with van der Waals surface area (Å²) in [5.41, 5.74) is 1.34. The Labute approximate surface area is 168 Å². The zero-order chi connectivity index (χ0) is 20.2. The predicted molar refractivity (Wildman–Crippen MR) is 107 cm³/mol. The summed E-state index contributed by atoms with van der Waals surface area (Å²) in [4.78, 5) is 14.3. The van der Waals surface area contributed by atoms with E-state index in [9.17, 15) is 9.18 Å². The van der Waals surface area contributed by atoms with E-state index in [1.54, 1.807) is 41.3 Å². The molecule has 0 radical (unpaired) electrons. The molecule has 0 bridgehead atoms. The molecule has 0 fully saturated rings. The molecule has 148 valence electrons. The Morgan fingerprint density at radius 3 is 2.76 bits per heavy atom. The standard InChI is InChI=1S/C23H20FNO4/c1-2-25(14-16-7-10-21-22(13-16)28-15-27-21)23(26)12-9-17-8-11-20(29-17)18-5-3-4-6-19(18)24/h3-13H,2,14-15H2,1H3/b12-9+. The van der Waals surface area contributed by atoms with Gasteiger partial charge in [-0.3, -0.25) is 4.79 Å². The highest BCUT2D eigenvalue weighted by atomic mass is 19.1. The number of halogens is 1. The second kappa shape index (κ2) is 8.22. The van der Waals surface area contributed by atoms with E-state index < -0.39 is 0 Å². The van der Waals surface area contributed by atoms with Gasteiger partial charge in [-0.15, -0.1) is 0 Å². The van der Waals surface area contributed by atoms with Gasteiger partial charge in [0.25, 0.3) is 0 Å². The van der Waals surface area contributed by atoms with Gasteiger partial charge in [0.15, 0.2) is 11.5 Å². The molecule has 3 aromatic rings. The summed E-state index contributed by atoms with van der Waals surface area (Å²) in [6.07, 6.45) is 3.05. The summed E-state index contributed by atoms with van der Waals surface area (Å²) in [7, 11) is 0. The molecule has 2 aromatic carbocycles. The van der Waals surface area contributed by atoms with Crippen molar-refractivity contribution in [2.75, 3.05) is 13.3 Å². The third-order valence-corrected chi connectivity index (χ3v) is 4.66. The average Bonchev–Trinajstić information content (AvgIpc) is 3.39. The largest absolute Gasteiger partial charge is 0.457 e. The molecule has 4 rings (SSSR count). The van der Waals surface area contributed by atoms with Crippen molar-refractivity contribution in [3.8, 4) is 22.8 Å².